The molecule has 0 aliphatic carbocycles. The van der Waals surface area contributed by atoms with Gasteiger partial charge in [0.05, 0.1) is 0 Å². The fourth-order valence-corrected chi connectivity index (χ4v) is 7.71. The van der Waals surface area contributed by atoms with Crippen molar-refractivity contribution in [3.05, 3.63) is 22.7 Å². The molecule has 5 unspecified atom stereocenters. The fraction of sp³-hybridized carbons (Fsp3) is 0.714. The number of hydrogen-bond donors (Lipinski definition) is 1. The van der Waals surface area contributed by atoms with E-state index in [-0.39, 0.29) is 29.9 Å². The van der Waals surface area contributed by atoms with E-state index in [1.54, 1.807) is 6.07 Å². The Hall–Kier alpha value is -2.27. The van der Waals surface area contributed by atoms with Gasteiger partial charge in [0.25, 0.3) is 0 Å². The highest BCUT2D eigenvalue weighted by Crippen LogP contribution is 2.68. The molecule has 3 saturated heterocycles. The number of esters is 2. The van der Waals surface area contributed by atoms with E-state index in [9.17, 15) is 18.9 Å². The average Bonchev–Trinajstić information content (AvgIpc) is 3.50. The summed E-state index contributed by atoms with van der Waals surface area (Å²) in [6.45, 7) is 11.9. The quantitative estimate of drug-likeness (QED) is 0.320. The molecule has 0 bridgehead atoms. The van der Waals surface area contributed by atoms with E-state index in [0.29, 0.717) is 13.1 Å². The van der Waals surface area contributed by atoms with Crippen LogP contribution >= 0.6 is 7.59 Å². The molecule has 1 aromatic rings. The third-order valence-corrected chi connectivity index (χ3v) is 9.46. The molecule has 4 rings (SSSR count). The highest BCUT2D eigenvalue weighted by Gasteiger charge is 2.64. The standard InChI is InChI=1S/C21H32N5O7P/c1-13(27)31-10-16-15(32-14(2)28)9-18(33-16)24-8-7-17(22-19(24)29)23-34(30,25-11-20(25,3)4)26-12-21(26,5)6/h7-8,15-16,18H,9-12H2,1-6H3,(H,22,23,29,30). The van der Waals surface area contributed by atoms with Crippen molar-refractivity contribution in [2.45, 2.75) is 77.5 Å². The maximum atomic E-state index is 14.0. The SMILES string of the molecule is CC(=O)OCC1OC(n2ccc(NP(=O)(N3CC3(C)C)N3CC3(C)C)nc2=O)CC1OC(C)=O. The van der Waals surface area contributed by atoms with Crippen LogP contribution in [0.5, 0.6) is 0 Å². The van der Waals surface area contributed by atoms with Crippen LogP contribution in [0.1, 0.15) is 54.2 Å². The van der Waals surface area contributed by atoms with E-state index < -0.39 is 43.7 Å². The number of ether oxygens (including phenoxy) is 3. The van der Waals surface area contributed by atoms with Crippen molar-refractivity contribution >= 4 is 25.4 Å². The van der Waals surface area contributed by atoms with E-state index in [1.165, 1.54) is 24.6 Å². The number of carbonyl (C=O) groups is 2. The smallest absolute Gasteiger partial charge is 0.351 e. The summed E-state index contributed by atoms with van der Waals surface area (Å²) in [5.74, 6) is -0.781. The van der Waals surface area contributed by atoms with Crippen LogP contribution in [0.3, 0.4) is 0 Å². The van der Waals surface area contributed by atoms with E-state index >= 15 is 0 Å². The summed E-state index contributed by atoms with van der Waals surface area (Å²) in [6, 6.07) is 1.57. The Bertz CT molecular complexity index is 1080. The highest BCUT2D eigenvalue weighted by molar-refractivity contribution is 7.61. The van der Waals surface area contributed by atoms with Crippen molar-refractivity contribution in [3.63, 3.8) is 0 Å². The predicted molar refractivity (Wildman–Crippen MR) is 122 cm³/mol. The molecule has 0 radical (unpaired) electrons. The van der Waals surface area contributed by atoms with Gasteiger partial charge in [-0.15, -0.1) is 0 Å². The molecule has 0 aromatic carbocycles. The van der Waals surface area contributed by atoms with Crippen LogP contribution in [0, 0.1) is 0 Å². The molecule has 13 heteroatoms. The lowest BCUT2D eigenvalue weighted by atomic mass is 10.2. The first-order valence-electron chi connectivity index (χ1n) is 11.2. The minimum Gasteiger partial charge on any atom is -0.463 e. The summed E-state index contributed by atoms with van der Waals surface area (Å²) in [5, 5.41) is 3.04. The second-order valence-corrected chi connectivity index (χ2v) is 12.5. The molecule has 3 aliphatic heterocycles. The average molecular weight is 497 g/mol. The first-order chi connectivity index (χ1) is 15.7. The van der Waals surface area contributed by atoms with Gasteiger partial charge in [0.1, 0.15) is 30.9 Å². The number of nitrogens with one attached hydrogen (secondary N) is 1. The van der Waals surface area contributed by atoms with Gasteiger partial charge in [-0.25, -0.2) is 14.1 Å². The number of anilines is 1. The van der Waals surface area contributed by atoms with Crippen LogP contribution in [-0.4, -0.2) is 73.8 Å². The topological polar surface area (TPSA) is 132 Å². The Balaban J connectivity index is 1.52. The van der Waals surface area contributed by atoms with Crippen molar-refractivity contribution in [1.29, 1.82) is 0 Å². The van der Waals surface area contributed by atoms with Gasteiger partial charge in [-0.1, -0.05) is 0 Å². The van der Waals surface area contributed by atoms with Gasteiger partial charge in [0.2, 0.25) is 0 Å². The van der Waals surface area contributed by atoms with Crippen LogP contribution in [0.4, 0.5) is 5.82 Å². The van der Waals surface area contributed by atoms with E-state index in [2.05, 4.69) is 10.1 Å². The van der Waals surface area contributed by atoms with Crippen LogP contribution in [-0.2, 0) is 28.4 Å². The lowest BCUT2D eigenvalue weighted by Crippen LogP contribution is -2.31. The van der Waals surface area contributed by atoms with Crippen LogP contribution in [0.15, 0.2) is 17.1 Å². The van der Waals surface area contributed by atoms with Gasteiger partial charge in [0, 0.05) is 50.6 Å². The Kier molecular flexibility index (Phi) is 6.17. The minimum absolute atomic E-state index is 0.105. The summed E-state index contributed by atoms with van der Waals surface area (Å²) in [7, 11) is -3.15. The summed E-state index contributed by atoms with van der Waals surface area (Å²) in [4.78, 5) is 39.6. The minimum atomic E-state index is -3.15. The molecule has 4 heterocycles. The summed E-state index contributed by atoms with van der Waals surface area (Å²) in [5.41, 5.74) is -1.00. The summed E-state index contributed by atoms with van der Waals surface area (Å²) >= 11 is 0. The molecule has 1 aromatic heterocycles. The molecule has 0 saturated carbocycles. The molecule has 1 N–H and O–H groups in total. The van der Waals surface area contributed by atoms with Gasteiger partial charge in [-0.2, -0.15) is 4.98 Å². The largest absolute Gasteiger partial charge is 0.463 e. The lowest BCUT2D eigenvalue weighted by molar-refractivity contribution is -0.155. The van der Waals surface area contributed by atoms with Crippen LogP contribution in [0.25, 0.3) is 0 Å². The van der Waals surface area contributed by atoms with E-state index in [4.69, 9.17) is 14.2 Å². The Morgan fingerprint density at radius 3 is 2.24 bits per heavy atom. The molecule has 12 nitrogen and oxygen atoms in total. The first kappa shape index (κ1) is 24.8. The van der Waals surface area contributed by atoms with Gasteiger partial charge in [-0.3, -0.25) is 23.8 Å². The van der Waals surface area contributed by atoms with Crippen molar-refractivity contribution in [2.24, 2.45) is 0 Å². The van der Waals surface area contributed by atoms with Crippen molar-refractivity contribution in [1.82, 2.24) is 18.9 Å². The Labute approximate surface area is 198 Å². The number of aromatic nitrogens is 2. The molecular formula is C21H32N5O7P. The zero-order chi connectivity index (χ0) is 25.1. The molecule has 34 heavy (non-hydrogen) atoms. The number of carbonyl (C=O) groups excluding carboxylic acids is 2. The zero-order valence-corrected chi connectivity index (χ0v) is 21.2. The van der Waals surface area contributed by atoms with Crippen molar-refractivity contribution < 1.29 is 28.4 Å². The maximum Gasteiger partial charge on any atom is 0.351 e. The van der Waals surface area contributed by atoms with E-state index in [0.717, 1.165) is 0 Å². The second kappa shape index (κ2) is 8.44. The van der Waals surface area contributed by atoms with Crippen molar-refractivity contribution in [3.8, 4) is 0 Å². The molecule has 5 atom stereocenters. The number of nitrogens with zero attached hydrogens (tertiary/aromatic N) is 4. The summed E-state index contributed by atoms with van der Waals surface area (Å²) in [6.07, 6.45) is -0.448. The highest BCUT2D eigenvalue weighted by atomic mass is 31.2. The van der Waals surface area contributed by atoms with Gasteiger partial charge >= 0.3 is 25.2 Å². The van der Waals surface area contributed by atoms with Crippen LogP contribution < -0.4 is 10.8 Å². The lowest BCUT2D eigenvalue weighted by Gasteiger charge is -2.26. The number of rotatable bonds is 8. The molecule has 188 valence electrons. The van der Waals surface area contributed by atoms with Gasteiger partial charge in [-0.05, 0) is 33.8 Å². The number of hydrogen-bond acceptors (Lipinski definition) is 8. The summed E-state index contributed by atoms with van der Waals surface area (Å²) < 4.78 is 35.2. The maximum absolute atomic E-state index is 14.0. The van der Waals surface area contributed by atoms with Crippen LogP contribution in [0.2, 0.25) is 0 Å². The zero-order valence-electron chi connectivity index (χ0n) is 20.3. The normalized spacial score (nSPS) is 32.4. The third-order valence-electron chi connectivity index (χ3n) is 6.27. The third kappa shape index (κ3) is 4.91. The Morgan fingerprint density at radius 2 is 1.76 bits per heavy atom. The first-order valence-corrected chi connectivity index (χ1v) is 12.8. The molecule has 0 amide bonds. The monoisotopic (exact) mass is 497 g/mol. The molecule has 3 fully saturated rings. The fourth-order valence-electron chi connectivity index (χ4n) is 4.24. The van der Waals surface area contributed by atoms with E-state index in [1.807, 2.05) is 37.0 Å². The van der Waals surface area contributed by atoms with Gasteiger partial charge < -0.3 is 14.2 Å². The van der Waals surface area contributed by atoms with Gasteiger partial charge in [0.15, 0.2) is 0 Å². The van der Waals surface area contributed by atoms with Crippen molar-refractivity contribution in [2.75, 3.05) is 24.8 Å². The second-order valence-electron chi connectivity index (χ2n) is 10.2. The Morgan fingerprint density at radius 1 is 1.18 bits per heavy atom. The predicted octanol–water partition coefficient (Wildman–Crippen LogP) is 1.73. The molecular weight excluding hydrogens is 465 g/mol. The molecule has 0 spiro atoms. The molecule has 3 aliphatic rings.